The van der Waals surface area contributed by atoms with Gasteiger partial charge in [0.1, 0.15) is 11.1 Å². The van der Waals surface area contributed by atoms with Gasteiger partial charge in [0.2, 0.25) is 5.43 Å². The molecule has 0 atom stereocenters. The Kier molecular flexibility index (Phi) is 4.19. The maximum atomic E-state index is 12.9. The summed E-state index contributed by atoms with van der Waals surface area (Å²) >= 11 is 0. The average molecular weight is 362 g/mol. The maximum Gasteiger partial charge on any atom is 0.343 e. The van der Waals surface area contributed by atoms with E-state index < -0.39 is 5.97 Å². The van der Waals surface area contributed by atoms with E-state index in [1.165, 1.54) is 0 Å². The van der Waals surface area contributed by atoms with Gasteiger partial charge in [0, 0.05) is 18.1 Å². The number of benzene rings is 2. The highest BCUT2D eigenvalue weighted by atomic mass is 16.5. The Labute approximate surface area is 154 Å². The summed E-state index contributed by atoms with van der Waals surface area (Å²) in [6.07, 6.45) is 1.56. The topological polar surface area (TPSA) is 79.0 Å². The molecule has 0 aliphatic heterocycles. The zero-order valence-electron chi connectivity index (χ0n) is 15.0. The monoisotopic (exact) mass is 362 g/mol. The largest absolute Gasteiger partial charge is 0.462 e. The molecule has 2 heterocycles. The molecule has 7 nitrogen and oxygen atoms in total. The van der Waals surface area contributed by atoms with Crippen LogP contribution in [0.15, 0.2) is 53.5 Å². The molecular formula is C20H18N4O3. The van der Waals surface area contributed by atoms with Crippen molar-refractivity contribution >= 4 is 27.9 Å². The van der Waals surface area contributed by atoms with Gasteiger partial charge < -0.3 is 9.30 Å². The predicted octanol–water partition coefficient (Wildman–Crippen LogP) is 2.93. The van der Waals surface area contributed by atoms with Crippen LogP contribution in [0.4, 0.5) is 0 Å². The van der Waals surface area contributed by atoms with Crippen LogP contribution in [0.25, 0.3) is 27.6 Å². The minimum Gasteiger partial charge on any atom is -0.462 e. The summed E-state index contributed by atoms with van der Waals surface area (Å²) in [5, 5.41) is 8.85. The van der Waals surface area contributed by atoms with E-state index in [-0.39, 0.29) is 17.6 Å². The molecule has 0 saturated carbocycles. The summed E-state index contributed by atoms with van der Waals surface area (Å²) in [4.78, 5) is 25.0. The fourth-order valence-electron chi connectivity index (χ4n) is 3.18. The summed E-state index contributed by atoms with van der Waals surface area (Å²) in [5.41, 5.74) is 2.66. The highest BCUT2D eigenvalue weighted by Crippen LogP contribution is 2.22. The number of carbonyl (C=O) groups excluding carboxylic acids is 1. The van der Waals surface area contributed by atoms with Crippen molar-refractivity contribution in [2.45, 2.75) is 20.4 Å². The Morgan fingerprint density at radius 2 is 1.89 bits per heavy atom. The van der Waals surface area contributed by atoms with Gasteiger partial charge in [-0.05, 0) is 38.1 Å². The fraction of sp³-hybridized carbons (Fsp3) is 0.200. The van der Waals surface area contributed by atoms with E-state index in [4.69, 9.17) is 4.74 Å². The second kappa shape index (κ2) is 6.68. The van der Waals surface area contributed by atoms with Crippen molar-refractivity contribution in [3.05, 3.63) is 64.4 Å². The number of carbonyl (C=O) groups is 1. The second-order valence-corrected chi connectivity index (χ2v) is 6.07. The van der Waals surface area contributed by atoms with Crippen LogP contribution >= 0.6 is 0 Å². The molecule has 0 fully saturated rings. The normalized spacial score (nSPS) is 11.2. The third kappa shape index (κ3) is 2.77. The zero-order valence-corrected chi connectivity index (χ0v) is 15.0. The van der Waals surface area contributed by atoms with Gasteiger partial charge >= 0.3 is 5.97 Å². The first-order valence-corrected chi connectivity index (χ1v) is 8.79. The number of aryl methyl sites for hydroxylation is 1. The number of aromatic nitrogens is 4. The Bertz CT molecular complexity index is 1210. The van der Waals surface area contributed by atoms with Crippen LogP contribution in [-0.4, -0.2) is 32.1 Å². The Balaban J connectivity index is 2.01. The smallest absolute Gasteiger partial charge is 0.343 e. The Hall–Kier alpha value is -3.48. The van der Waals surface area contributed by atoms with Crippen LogP contribution in [-0.2, 0) is 11.3 Å². The molecule has 0 spiro atoms. The first-order chi connectivity index (χ1) is 13.1. The van der Waals surface area contributed by atoms with E-state index >= 15 is 0 Å². The number of esters is 1. The van der Waals surface area contributed by atoms with Crippen molar-refractivity contribution in [2.24, 2.45) is 0 Å². The number of pyridine rings is 1. The molecule has 0 aliphatic rings. The third-order valence-corrected chi connectivity index (χ3v) is 4.48. The molecule has 0 bridgehead atoms. The quantitative estimate of drug-likeness (QED) is 0.522. The van der Waals surface area contributed by atoms with E-state index in [1.807, 2.05) is 47.9 Å². The van der Waals surface area contributed by atoms with Crippen molar-refractivity contribution in [1.29, 1.82) is 0 Å². The minimum absolute atomic E-state index is 0.0287. The molecule has 27 heavy (non-hydrogen) atoms. The van der Waals surface area contributed by atoms with Gasteiger partial charge in [-0.15, -0.1) is 5.10 Å². The highest BCUT2D eigenvalue weighted by Gasteiger charge is 2.18. The Morgan fingerprint density at radius 3 is 2.59 bits per heavy atom. The van der Waals surface area contributed by atoms with Gasteiger partial charge in [0.05, 0.1) is 23.3 Å². The summed E-state index contributed by atoms with van der Waals surface area (Å²) in [6.45, 7) is 4.48. The first kappa shape index (κ1) is 17.0. The van der Waals surface area contributed by atoms with Gasteiger partial charge in [-0.2, -0.15) is 0 Å². The fourth-order valence-corrected chi connectivity index (χ4v) is 3.18. The van der Waals surface area contributed by atoms with Crippen molar-refractivity contribution in [3.63, 3.8) is 0 Å². The standard InChI is InChI=1S/C20H18N4O3/c1-3-23-12-15(20(26)27-4-2)19(25)14-10-16-18(11-17(14)23)24(22-21-16)13-8-6-5-7-9-13/h5-12H,3-4H2,1-2H3. The van der Waals surface area contributed by atoms with Crippen molar-refractivity contribution in [3.8, 4) is 5.69 Å². The number of hydrogen-bond donors (Lipinski definition) is 0. The molecule has 4 aromatic rings. The lowest BCUT2D eigenvalue weighted by molar-refractivity contribution is 0.0524. The van der Waals surface area contributed by atoms with E-state index in [1.54, 1.807) is 23.9 Å². The van der Waals surface area contributed by atoms with Crippen LogP contribution in [0.2, 0.25) is 0 Å². The molecule has 0 N–H and O–H groups in total. The number of rotatable bonds is 4. The van der Waals surface area contributed by atoms with Crippen molar-refractivity contribution < 1.29 is 9.53 Å². The SMILES string of the molecule is CCOC(=O)c1cn(CC)c2cc3c(cc2c1=O)nnn3-c1ccccc1. The van der Waals surface area contributed by atoms with Crippen LogP contribution in [0.1, 0.15) is 24.2 Å². The maximum absolute atomic E-state index is 12.9. The molecule has 7 heteroatoms. The predicted molar refractivity (Wildman–Crippen MR) is 102 cm³/mol. The number of hydrogen-bond acceptors (Lipinski definition) is 5. The second-order valence-electron chi connectivity index (χ2n) is 6.07. The zero-order chi connectivity index (χ0) is 19.0. The number of para-hydroxylation sites is 1. The highest BCUT2D eigenvalue weighted by molar-refractivity contribution is 5.98. The lowest BCUT2D eigenvalue weighted by Crippen LogP contribution is -2.20. The first-order valence-electron chi connectivity index (χ1n) is 8.79. The lowest BCUT2D eigenvalue weighted by atomic mass is 10.1. The van der Waals surface area contributed by atoms with E-state index in [0.29, 0.717) is 17.4 Å². The van der Waals surface area contributed by atoms with Gasteiger partial charge in [0.15, 0.2) is 0 Å². The van der Waals surface area contributed by atoms with Crippen LogP contribution < -0.4 is 5.43 Å². The van der Waals surface area contributed by atoms with Gasteiger partial charge in [0.25, 0.3) is 0 Å². The van der Waals surface area contributed by atoms with E-state index in [0.717, 1.165) is 16.7 Å². The third-order valence-electron chi connectivity index (χ3n) is 4.48. The molecule has 0 amide bonds. The Morgan fingerprint density at radius 1 is 1.11 bits per heavy atom. The van der Waals surface area contributed by atoms with E-state index in [2.05, 4.69) is 10.3 Å². The van der Waals surface area contributed by atoms with Gasteiger partial charge in [-0.3, -0.25) is 4.79 Å². The molecule has 0 radical (unpaired) electrons. The van der Waals surface area contributed by atoms with Crippen LogP contribution in [0.3, 0.4) is 0 Å². The summed E-state index contributed by atoms with van der Waals surface area (Å²) in [6, 6.07) is 13.2. The summed E-state index contributed by atoms with van der Waals surface area (Å²) in [5.74, 6) is -0.611. The van der Waals surface area contributed by atoms with Crippen molar-refractivity contribution in [2.75, 3.05) is 6.61 Å². The summed E-state index contributed by atoms with van der Waals surface area (Å²) in [7, 11) is 0. The molecule has 2 aromatic carbocycles. The molecule has 2 aromatic heterocycles. The van der Waals surface area contributed by atoms with Crippen LogP contribution in [0.5, 0.6) is 0 Å². The number of nitrogens with zero attached hydrogens (tertiary/aromatic N) is 4. The molecule has 136 valence electrons. The minimum atomic E-state index is -0.611. The van der Waals surface area contributed by atoms with Crippen LogP contribution in [0, 0.1) is 0 Å². The lowest BCUT2D eigenvalue weighted by Gasteiger charge is -2.11. The van der Waals surface area contributed by atoms with Crippen molar-refractivity contribution in [1.82, 2.24) is 19.6 Å². The number of ether oxygens (including phenoxy) is 1. The van der Waals surface area contributed by atoms with E-state index in [9.17, 15) is 9.59 Å². The van der Waals surface area contributed by atoms with Gasteiger partial charge in [-0.25, -0.2) is 9.48 Å². The average Bonchev–Trinajstić information content (AvgIpc) is 3.11. The molecule has 0 aliphatic carbocycles. The summed E-state index contributed by atoms with van der Waals surface area (Å²) < 4.78 is 8.62. The van der Waals surface area contributed by atoms with Gasteiger partial charge in [-0.1, -0.05) is 23.4 Å². The molecule has 4 rings (SSSR count). The molecule has 0 saturated heterocycles. The number of fused-ring (bicyclic) bond motifs is 2. The molecule has 0 unspecified atom stereocenters. The molecular weight excluding hydrogens is 344 g/mol.